The number of alkyl halides is 5. The Bertz CT molecular complexity index is 1930. The van der Waals surface area contributed by atoms with Gasteiger partial charge >= 0.3 is 12.2 Å². The van der Waals surface area contributed by atoms with Crippen molar-refractivity contribution in [3.05, 3.63) is 28.8 Å². The van der Waals surface area contributed by atoms with Crippen LogP contribution in [0, 0.1) is 24.0 Å². The largest absolute Gasteiger partial charge is 0.472 e. The Kier molecular flexibility index (Phi) is 6.38. The van der Waals surface area contributed by atoms with Crippen LogP contribution in [0.15, 0.2) is 6.07 Å². The van der Waals surface area contributed by atoms with Crippen molar-refractivity contribution in [3.8, 4) is 23.1 Å². The minimum absolute atomic E-state index is 0.0148. The van der Waals surface area contributed by atoms with Crippen LogP contribution in [0.3, 0.4) is 0 Å². The Balaban J connectivity index is 1.21. The molecule has 9 nitrogen and oxygen atoms in total. The number of hydrogen-bond donors (Lipinski definition) is 2. The molecule has 5 fully saturated rings. The summed E-state index contributed by atoms with van der Waals surface area (Å²) >= 11 is 0. The summed E-state index contributed by atoms with van der Waals surface area (Å²) in [6.45, 7) is 4.13. The number of nitrogens with zero attached hydrogens (tertiary/aromatic N) is 5. The average Bonchev–Trinajstić information content (AvgIpc) is 3.34. The lowest BCUT2D eigenvalue weighted by Crippen LogP contribution is -2.62. The molecule has 2 aromatic heterocycles. The molecule has 5 aliphatic heterocycles. The van der Waals surface area contributed by atoms with Crippen LogP contribution in [-0.4, -0.2) is 81.8 Å². The molecule has 262 valence electrons. The van der Waals surface area contributed by atoms with Crippen molar-refractivity contribution in [2.75, 3.05) is 36.9 Å². The van der Waals surface area contributed by atoms with E-state index in [1.54, 1.807) is 0 Å². The predicted molar refractivity (Wildman–Crippen MR) is 164 cm³/mol. The third kappa shape index (κ3) is 4.40. The lowest BCUT2D eigenvalue weighted by atomic mass is 9.89. The molecule has 9 rings (SSSR count). The van der Waals surface area contributed by atoms with E-state index in [9.17, 15) is 26.3 Å². The lowest BCUT2D eigenvalue weighted by Gasteiger charge is -2.42. The molecule has 6 aliphatic rings. The summed E-state index contributed by atoms with van der Waals surface area (Å²) in [6.07, 6.45) is -2.38. The van der Waals surface area contributed by atoms with Crippen LogP contribution in [0.2, 0.25) is 0 Å². The molecule has 1 aliphatic carbocycles. The van der Waals surface area contributed by atoms with Gasteiger partial charge in [-0.25, -0.2) is 22.5 Å². The van der Waals surface area contributed by atoms with E-state index in [1.807, 2.05) is 16.7 Å². The molecule has 0 radical (unpaired) electrons. The van der Waals surface area contributed by atoms with Crippen molar-refractivity contribution in [2.45, 2.75) is 94.2 Å². The molecule has 3 aromatic rings. The van der Waals surface area contributed by atoms with Crippen molar-refractivity contribution >= 4 is 22.4 Å². The fraction of sp³-hybridized carbons (Fsp3) is 0.606. The van der Waals surface area contributed by atoms with Crippen LogP contribution in [-0.2, 0) is 6.18 Å². The fourth-order valence-corrected chi connectivity index (χ4v) is 9.55. The molecule has 7 heterocycles. The molecule has 3 N–H and O–H groups in total. The molecule has 16 heteroatoms. The van der Waals surface area contributed by atoms with E-state index in [1.165, 1.54) is 0 Å². The summed E-state index contributed by atoms with van der Waals surface area (Å²) in [7, 11) is 0. The van der Waals surface area contributed by atoms with Gasteiger partial charge in [-0.05, 0) is 64.1 Å². The van der Waals surface area contributed by atoms with E-state index in [0.717, 1.165) is 32.3 Å². The van der Waals surface area contributed by atoms with Gasteiger partial charge in [-0.15, -0.1) is 0 Å². The molecule has 1 aromatic carbocycles. The maximum atomic E-state index is 16.9. The van der Waals surface area contributed by atoms with Crippen LogP contribution in [0.25, 0.3) is 22.2 Å². The number of halogens is 7. The summed E-state index contributed by atoms with van der Waals surface area (Å²) in [5.74, 6) is -5.12. The van der Waals surface area contributed by atoms with Gasteiger partial charge in [0, 0.05) is 37.2 Å². The monoisotopic (exact) mass is 693 g/mol. The average molecular weight is 694 g/mol. The molecule has 0 amide bonds. The minimum Gasteiger partial charge on any atom is -0.472 e. The lowest BCUT2D eigenvalue weighted by molar-refractivity contribution is -0.137. The highest BCUT2D eigenvalue weighted by Crippen LogP contribution is 2.69. The zero-order chi connectivity index (χ0) is 34.4. The Morgan fingerprint density at radius 2 is 1.90 bits per heavy atom. The van der Waals surface area contributed by atoms with E-state index in [4.69, 9.17) is 20.2 Å². The number of fused-ring (bicyclic) bond motifs is 6. The molecule has 1 unspecified atom stereocenters. The number of hydrogen-bond acceptors (Lipinski definition) is 9. The quantitative estimate of drug-likeness (QED) is 0.267. The Morgan fingerprint density at radius 3 is 2.63 bits per heavy atom. The molecule has 49 heavy (non-hydrogen) atoms. The first-order valence-electron chi connectivity index (χ1n) is 16.6. The summed E-state index contributed by atoms with van der Waals surface area (Å²) < 4.78 is 116. The Labute approximate surface area is 276 Å². The van der Waals surface area contributed by atoms with Crippen LogP contribution >= 0.6 is 0 Å². The maximum absolute atomic E-state index is 16.9. The Morgan fingerprint density at radius 1 is 1.12 bits per heavy atom. The van der Waals surface area contributed by atoms with Crippen molar-refractivity contribution in [2.24, 2.45) is 5.41 Å². The topological polar surface area (TPSA) is 102 Å². The second kappa shape index (κ2) is 9.98. The first kappa shape index (κ1) is 31.3. The standard InChI is InChI=1S/C33H34F7N7O2/c1-14-21(33(38,39)40)17(8-18(41)22(14)34)24-23(35)25-20-27(47-9-16-4-5-19(42-16)26(47)15(2)49-28(20)43-24)45-29(44-25)48-13-31-6-3-7-46(31)12-30(10-31)11-32(30,36)37/h8,15-16,19,26,42H,3-7,9-13,41H2,1-2H3/t15-,16+,19-,26+,30?,31-/m0/s1. The molecular formula is C33H34F7N7O2. The van der Waals surface area contributed by atoms with Crippen molar-refractivity contribution in [1.29, 1.82) is 0 Å². The fourth-order valence-electron chi connectivity index (χ4n) is 9.55. The number of nitrogens with one attached hydrogen (secondary N) is 1. The number of ether oxygens (including phenoxy) is 2. The molecule has 6 atom stereocenters. The van der Waals surface area contributed by atoms with E-state index in [2.05, 4.69) is 15.3 Å². The third-order valence-electron chi connectivity index (χ3n) is 11.9. The van der Waals surface area contributed by atoms with Crippen LogP contribution in [0.4, 0.5) is 42.2 Å². The number of pyridine rings is 1. The van der Waals surface area contributed by atoms with Crippen molar-refractivity contribution in [3.63, 3.8) is 0 Å². The summed E-state index contributed by atoms with van der Waals surface area (Å²) in [4.78, 5) is 17.5. The predicted octanol–water partition coefficient (Wildman–Crippen LogP) is 5.61. The van der Waals surface area contributed by atoms with Crippen LogP contribution < -0.4 is 25.4 Å². The smallest absolute Gasteiger partial charge is 0.417 e. The number of aromatic nitrogens is 3. The second-order valence-corrected chi connectivity index (χ2v) is 14.8. The van der Waals surface area contributed by atoms with Gasteiger partial charge in [0.15, 0.2) is 5.82 Å². The minimum atomic E-state index is -5.08. The van der Waals surface area contributed by atoms with Crippen molar-refractivity contribution < 1.29 is 40.2 Å². The molecule has 2 bridgehead atoms. The van der Waals surface area contributed by atoms with Crippen LogP contribution in [0.1, 0.15) is 56.6 Å². The summed E-state index contributed by atoms with van der Waals surface area (Å²) in [6, 6.07) is 0.286. The number of nitrogen functional groups attached to an aromatic ring is 1. The van der Waals surface area contributed by atoms with Gasteiger partial charge in [0.2, 0.25) is 5.88 Å². The van der Waals surface area contributed by atoms with Gasteiger partial charge in [0.25, 0.3) is 5.92 Å². The number of nitrogens with two attached hydrogens (primary N) is 1. The van der Waals surface area contributed by atoms with Crippen LogP contribution in [0.5, 0.6) is 11.9 Å². The van der Waals surface area contributed by atoms with Gasteiger partial charge < -0.3 is 25.4 Å². The van der Waals surface area contributed by atoms with E-state index < -0.39 is 68.9 Å². The molecule has 1 saturated carbocycles. The highest BCUT2D eigenvalue weighted by atomic mass is 19.4. The third-order valence-corrected chi connectivity index (χ3v) is 11.9. The zero-order valence-corrected chi connectivity index (χ0v) is 26.7. The van der Waals surface area contributed by atoms with Gasteiger partial charge in [-0.1, -0.05) is 0 Å². The first-order valence-corrected chi connectivity index (χ1v) is 16.6. The second-order valence-electron chi connectivity index (χ2n) is 14.8. The van der Waals surface area contributed by atoms with E-state index >= 15 is 4.39 Å². The number of benzene rings is 1. The highest BCUT2D eigenvalue weighted by Gasteiger charge is 2.77. The number of anilines is 2. The van der Waals surface area contributed by atoms with Gasteiger partial charge in [-0.2, -0.15) is 23.1 Å². The normalized spacial score (nSPS) is 32.7. The van der Waals surface area contributed by atoms with Crippen molar-refractivity contribution in [1.82, 2.24) is 25.2 Å². The zero-order valence-electron chi connectivity index (χ0n) is 26.7. The molecule has 1 spiro atoms. The SMILES string of the molecule is Cc1c(F)c(N)cc(-c2nc3c4c(nc(OC[C@@]56CCCN5CC5(CC5(F)F)C6)nc4c2F)N2C[C@H]4CC[C@H](N4)[C@H]2[C@H](C)O3)c1C(F)(F)F. The summed E-state index contributed by atoms with van der Waals surface area (Å²) in [5, 5.41) is 3.66. The number of rotatable bonds is 4. The molecule has 4 saturated heterocycles. The first-order chi connectivity index (χ1) is 23.1. The van der Waals surface area contributed by atoms with E-state index in [0.29, 0.717) is 19.5 Å². The van der Waals surface area contributed by atoms with Gasteiger partial charge in [-0.3, -0.25) is 4.90 Å². The number of piperazine rings is 1. The van der Waals surface area contributed by atoms with Gasteiger partial charge in [0.05, 0.1) is 28.2 Å². The van der Waals surface area contributed by atoms with E-state index in [-0.39, 0.29) is 72.7 Å². The van der Waals surface area contributed by atoms with Gasteiger partial charge in [0.1, 0.15) is 40.9 Å². The molecular weight excluding hydrogens is 659 g/mol. The summed E-state index contributed by atoms with van der Waals surface area (Å²) in [5.41, 5.74) is -0.715. The Hall–Kier alpha value is -3.66. The highest BCUT2D eigenvalue weighted by molar-refractivity contribution is 5.97. The maximum Gasteiger partial charge on any atom is 0.417 e.